The minimum Gasteiger partial charge on any atom is -0.381 e. The number of hydrogen-bond donors (Lipinski definition) is 1. The molecule has 1 N–H and O–H groups in total. The summed E-state index contributed by atoms with van der Waals surface area (Å²) in [6, 6.07) is 11.2. The standard InChI is InChI=1S/C19H22N4/c1-2-4-17(5-3-1)23-14-22-18-12-16(6-7-19(18)23)21-13-15-8-10-20-11-9-15/h6-12,14,17,21H,1-5,13H2. The fourth-order valence-corrected chi connectivity index (χ4v) is 3.50. The van der Waals surface area contributed by atoms with Crippen LogP contribution < -0.4 is 5.32 Å². The maximum absolute atomic E-state index is 4.62. The molecule has 0 atom stereocenters. The molecule has 0 spiro atoms. The number of aromatic nitrogens is 3. The summed E-state index contributed by atoms with van der Waals surface area (Å²) in [5.74, 6) is 0. The van der Waals surface area contributed by atoms with E-state index < -0.39 is 0 Å². The zero-order chi connectivity index (χ0) is 15.5. The summed E-state index contributed by atoms with van der Waals surface area (Å²) < 4.78 is 2.38. The van der Waals surface area contributed by atoms with E-state index >= 15 is 0 Å². The second-order valence-corrected chi connectivity index (χ2v) is 6.36. The lowest BCUT2D eigenvalue weighted by molar-refractivity contribution is 0.359. The Balaban J connectivity index is 1.52. The summed E-state index contributed by atoms with van der Waals surface area (Å²) in [5, 5.41) is 3.46. The first-order chi connectivity index (χ1) is 11.4. The van der Waals surface area contributed by atoms with Crippen molar-refractivity contribution in [3.8, 4) is 0 Å². The molecule has 1 aliphatic carbocycles. The van der Waals surface area contributed by atoms with E-state index in [1.807, 2.05) is 30.9 Å². The van der Waals surface area contributed by atoms with Crippen molar-refractivity contribution in [2.45, 2.75) is 44.7 Å². The van der Waals surface area contributed by atoms with Gasteiger partial charge in [0.15, 0.2) is 0 Å². The van der Waals surface area contributed by atoms with Gasteiger partial charge in [0, 0.05) is 30.7 Å². The molecule has 118 valence electrons. The maximum atomic E-state index is 4.62. The normalized spacial score (nSPS) is 15.8. The van der Waals surface area contributed by atoms with Crippen LogP contribution in [0.4, 0.5) is 5.69 Å². The smallest absolute Gasteiger partial charge is 0.0960 e. The molecule has 2 heterocycles. The summed E-state index contributed by atoms with van der Waals surface area (Å²) in [4.78, 5) is 8.67. The van der Waals surface area contributed by atoms with E-state index in [1.54, 1.807) is 0 Å². The first-order valence-electron chi connectivity index (χ1n) is 8.49. The van der Waals surface area contributed by atoms with Gasteiger partial charge in [-0.05, 0) is 48.7 Å². The van der Waals surface area contributed by atoms with Crippen molar-refractivity contribution in [1.82, 2.24) is 14.5 Å². The molecular formula is C19H22N4. The van der Waals surface area contributed by atoms with Crippen LogP contribution in [0.25, 0.3) is 11.0 Å². The Morgan fingerprint density at radius 2 is 1.87 bits per heavy atom. The summed E-state index contributed by atoms with van der Waals surface area (Å²) in [6.07, 6.45) is 12.3. The van der Waals surface area contributed by atoms with Gasteiger partial charge in [0.1, 0.15) is 0 Å². The van der Waals surface area contributed by atoms with E-state index in [0.29, 0.717) is 6.04 Å². The minimum absolute atomic E-state index is 0.629. The molecule has 4 nitrogen and oxygen atoms in total. The molecule has 1 aliphatic rings. The quantitative estimate of drug-likeness (QED) is 0.769. The van der Waals surface area contributed by atoms with E-state index in [0.717, 1.165) is 17.7 Å². The molecule has 23 heavy (non-hydrogen) atoms. The van der Waals surface area contributed by atoms with Crippen LogP contribution >= 0.6 is 0 Å². The van der Waals surface area contributed by atoms with Crippen LogP contribution in [0.5, 0.6) is 0 Å². The Morgan fingerprint density at radius 3 is 2.70 bits per heavy atom. The van der Waals surface area contributed by atoms with Crippen LogP contribution in [0.2, 0.25) is 0 Å². The highest BCUT2D eigenvalue weighted by molar-refractivity contribution is 5.79. The third-order valence-corrected chi connectivity index (χ3v) is 4.79. The molecule has 0 saturated heterocycles. The summed E-state index contributed by atoms with van der Waals surface area (Å²) in [5.41, 5.74) is 4.68. The van der Waals surface area contributed by atoms with E-state index in [-0.39, 0.29) is 0 Å². The van der Waals surface area contributed by atoms with Gasteiger partial charge in [0.05, 0.1) is 17.4 Å². The molecule has 0 amide bonds. The zero-order valence-electron chi connectivity index (χ0n) is 13.3. The van der Waals surface area contributed by atoms with E-state index in [4.69, 9.17) is 0 Å². The molecule has 4 heteroatoms. The van der Waals surface area contributed by atoms with Gasteiger partial charge in [-0.25, -0.2) is 4.98 Å². The van der Waals surface area contributed by atoms with Crippen LogP contribution in [0.15, 0.2) is 49.1 Å². The van der Waals surface area contributed by atoms with E-state index in [9.17, 15) is 0 Å². The van der Waals surface area contributed by atoms with Gasteiger partial charge in [0.2, 0.25) is 0 Å². The van der Waals surface area contributed by atoms with Gasteiger partial charge in [0.25, 0.3) is 0 Å². The third-order valence-electron chi connectivity index (χ3n) is 4.79. The van der Waals surface area contributed by atoms with Gasteiger partial charge in [-0.3, -0.25) is 4.98 Å². The maximum Gasteiger partial charge on any atom is 0.0960 e. The second kappa shape index (κ2) is 6.41. The lowest BCUT2D eigenvalue weighted by atomic mass is 9.95. The molecule has 4 rings (SSSR count). The average Bonchev–Trinajstić information content (AvgIpc) is 3.05. The molecule has 0 unspecified atom stereocenters. The van der Waals surface area contributed by atoms with E-state index in [2.05, 4.69) is 38.1 Å². The van der Waals surface area contributed by atoms with Gasteiger partial charge in [-0.15, -0.1) is 0 Å². The summed E-state index contributed by atoms with van der Waals surface area (Å²) >= 11 is 0. The molecule has 3 aromatic rings. The Hall–Kier alpha value is -2.36. The van der Waals surface area contributed by atoms with Gasteiger partial charge < -0.3 is 9.88 Å². The van der Waals surface area contributed by atoms with Crippen LogP contribution in [0.1, 0.15) is 43.7 Å². The Labute approximate surface area is 136 Å². The first-order valence-corrected chi connectivity index (χ1v) is 8.49. The second-order valence-electron chi connectivity index (χ2n) is 6.36. The molecule has 2 aromatic heterocycles. The highest BCUT2D eigenvalue weighted by atomic mass is 15.1. The van der Waals surface area contributed by atoms with Crippen LogP contribution in [0, 0.1) is 0 Å². The number of pyridine rings is 1. The van der Waals surface area contributed by atoms with Crippen molar-refractivity contribution in [2.75, 3.05) is 5.32 Å². The molecule has 0 bridgehead atoms. The van der Waals surface area contributed by atoms with Crippen molar-refractivity contribution in [1.29, 1.82) is 0 Å². The number of nitrogens with one attached hydrogen (secondary N) is 1. The molecule has 1 fully saturated rings. The van der Waals surface area contributed by atoms with Crippen LogP contribution in [-0.4, -0.2) is 14.5 Å². The number of rotatable bonds is 4. The van der Waals surface area contributed by atoms with Crippen molar-refractivity contribution in [3.63, 3.8) is 0 Å². The van der Waals surface area contributed by atoms with Gasteiger partial charge >= 0.3 is 0 Å². The van der Waals surface area contributed by atoms with Crippen molar-refractivity contribution in [2.24, 2.45) is 0 Å². The van der Waals surface area contributed by atoms with Crippen molar-refractivity contribution in [3.05, 3.63) is 54.6 Å². The topological polar surface area (TPSA) is 42.7 Å². The highest BCUT2D eigenvalue weighted by Gasteiger charge is 2.17. The first kappa shape index (κ1) is 14.2. The Kier molecular flexibility index (Phi) is 3.97. The van der Waals surface area contributed by atoms with Gasteiger partial charge in [-0.1, -0.05) is 19.3 Å². The number of hydrogen-bond acceptors (Lipinski definition) is 3. The number of anilines is 1. The van der Waals surface area contributed by atoms with Crippen LogP contribution in [-0.2, 0) is 6.54 Å². The SMILES string of the molecule is c1cc(CNc2ccc3c(c2)ncn3C2CCCCC2)ccn1. The predicted molar refractivity (Wildman–Crippen MR) is 93.4 cm³/mol. The summed E-state index contributed by atoms with van der Waals surface area (Å²) in [7, 11) is 0. The van der Waals surface area contributed by atoms with Crippen LogP contribution in [0.3, 0.4) is 0 Å². The predicted octanol–water partition coefficient (Wildman–Crippen LogP) is 4.55. The molecule has 0 aliphatic heterocycles. The third kappa shape index (κ3) is 3.07. The van der Waals surface area contributed by atoms with Crippen molar-refractivity contribution >= 4 is 16.7 Å². The number of benzene rings is 1. The molecule has 0 radical (unpaired) electrons. The summed E-state index contributed by atoms with van der Waals surface area (Å²) in [6.45, 7) is 0.803. The average molecular weight is 306 g/mol. The number of nitrogens with zero attached hydrogens (tertiary/aromatic N) is 3. The number of imidazole rings is 1. The zero-order valence-corrected chi connectivity index (χ0v) is 13.3. The minimum atomic E-state index is 0.629. The molecule has 1 aromatic carbocycles. The van der Waals surface area contributed by atoms with Gasteiger partial charge in [-0.2, -0.15) is 0 Å². The lowest BCUT2D eigenvalue weighted by Gasteiger charge is -2.23. The van der Waals surface area contributed by atoms with Crippen molar-refractivity contribution < 1.29 is 0 Å². The number of fused-ring (bicyclic) bond motifs is 1. The fourth-order valence-electron chi connectivity index (χ4n) is 3.50. The largest absolute Gasteiger partial charge is 0.381 e. The molecule has 1 saturated carbocycles. The lowest BCUT2D eigenvalue weighted by Crippen LogP contribution is -2.11. The highest BCUT2D eigenvalue weighted by Crippen LogP contribution is 2.31. The Morgan fingerprint density at radius 1 is 1.04 bits per heavy atom. The monoisotopic (exact) mass is 306 g/mol. The Bertz CT molecular complexity index is 772. The molecular weight excluding hydrogens is 284 g/mol. The van der Waals surface area contributed by atoms with E-state index in [1.165, 1.54) is 43.2 Å². The fraction of sp³-hybridized carbons (Fsp3) is 0.368.